The van der Waals surface area contributed by atoms with Gasteiger partial charge in [-0.3, -0.25) is 9.97 Å². The van der Waals surface area contributed by atoms with Crippen LogP contribution >= 0.6 is 22.9 Å². The van der Waals surface area contributed by atoms with Crippen LogP contribution in [-0.4, -0.2) is 46.9 Å². The van der Waals surface area contributed by atoms with Gasteiger partial charge in [-0.15, -0.1) is 11.3 Å². The highest BCUT2D eigenvalue weighted by molar-refractivity contribution is 7.91. The summed E-state index contributed by atoms with van der Waals surface area (Å²) in [5.74, 6) is 1.05. The van der Waals surface area contributed by atoms with Crippen molar-refractivity contribution < 1.29 is 17.9 Å². The van der Waals surface area contributed by atoms with Crippen LogP contribution in [0.5, 0.6) is 11.5 Å². The fourth-order valence-electron chi connectivity index (χ4n) is 3.96. The first-order chi connectivity index (χ1) is 19.4. The maximum Gasteiger partial charge on any atom is 0.253 e. The first-order valence-corrected chi connectivity index (χ1v) is 14.7. The lowest BCUT2D eigenvalue weighted by Gasteiger charge is -2.22. The van der Waals surface area contributed by atoms with E-state index < -0.39 is 10.0 Å². The van der Waals surface area contributed by atoms with Crippen molar-refractivity contribution in [3.63, 3.8) is 0 Å². The minimum absolute atomic E-state index is 0.0628. The van der Waals surface area contributed by atoms with Gasteiger partial charge in [-0.05, 0) is 36.4 Å². The van der Waals surface area contributed by atoms with Crippen molar-refractivity contribution in [2.45, 2.75) is 17.3 Å². The van der Waals surface area contributed by atoms with Crippen molar-refractivity contribution in [2.24, 2.45) is 0 Å². The molecule has 204 valence electrons. The SMILES string of the molecule is COc1cc(CN(Cc2cc(OC)cc(-c3ccccn3)n2)S(=O)(=O)c2ccc(Cl)s2)nc(-c2ccccn2)c1. The normalized spacial score (nSPS) is 11.5. The summed E-state index contributed by atoms with van der Waals surface area (Å²) in [5, 5.41) is 0. The zero-order chi connectivity index (χ0) is 28.1. The highest BCUT2D eigenvalue weighted by Gasteiger charge is 2.28. The predicted octanol–water partition coefficient (Wildman–Crippen LogP) is 5.72. The molecule has 0 radical (unpaired) electrons. The van der Waals surface area contributed by atoms with Gasteiger partial charge in [0.05, 0.1) is 65.8 Å². The third-order valence-corrected chi connectivity index (χ3v) is 9.34. The highest BCUT2D eigenvalue weighted by atomic mass is 35.5. The summed E-state index contributed by atoms with van der Waals surface area (Å²) in [6.45, 7) is -0.126. The quantitative estimate of drug-likeness (QED) is 0.202. The second kappa shape index (κ2) is 12.1. The van der Waals surface area contributed by atoms with Crippen LogP contribution in [0.1, 0.15) is 11.4 Å². The molecule has 5 aromatic rings. The lowest BCUT2D eigenvalue weighted by Crippen LogP contribution is -2.30. The van der Waals surface area contributed by atoms with E-state index >= 15 is 0 Å². The summed E-state index contributed by atoms with van der Waals surface area (Å²) in [4.78, 5) is 18.2. The molecule has 5 aromatic heterocycles. The maximum absolute atomic E-state index is 13.9. The molecule has 0 atom stereocenters. The molecular weight excluding hydrogens is 570 g/mol. The van der Waals surface area contributed by atoms with Gasteiger partial charge in [-0.2, -0.15) is 4.31 Å². The van der Waals surface area contributed by atoms with Crippen LogP contribution in [0.2, 0.25) is 4.34 Å². The number of aromatic nitrogens is 4. The lowest BCUT2D eigenvalue weighted by molar-refractivity contribution is 0.385. The lowest BCUT2D eigenvalue weighted by atomic mass is 10.2. The molecule has 0 fully saturated rings. The van der Waals surface area contributed by atoms with Crippen LogP contribution in [0.15, 0.2) is 89.4 Å². The molecule has 0 aliphatic heterocycles. The molecule has 0 saturated heterocycles. The highest BCUT2D eigenvalue weighted by Crippen LogP contribution is 2.31. The van der Waals surface area contributed by atoms with E-state index in [1.165, 1.54) is 10.4 Å². The van der Waals surface area contributed by atoms with E-state index in [2.05, 4.69) is 9.97 Å². The first kappa shape index (κ1) is 27.7. The van der Waals surface area contributed by atoms with E-state index in [0.717, 1.165) is 11.3 Å². The molecule has 0 spiro atoms. The Morgan fingerprint density at radius 1 is 0.750 bits per heavy atom. The molecule has 0 saturated carbocycles. The number of methoxy groups -OCH3 is 2. The monoisotopic (exact) mass is 593 g/mol. The number of hydrogen-bond acceptors (Lipinski definition) is 9. The van der Waals surface area contributed by atoms with Crippen LogP contribution in [0, 0.1) is 0 Å². The Labute approximate surface area is 241 Å². The van der Waals surface area contributed by atoms with Crippen molar-refractivity contribution in [2.75, 3.05) is 14.2 Å². The van der Waals surface area contributed by atoms with Crippen molar-refractivity contribution in [3.8, 4) is 34.3 Å². The number of halogens is 1. The Hall–Kier alpha value is -3.90. The van der Waals surface area contributed by atoms with Crippen molar-refractivity contribution in [1.82, 2.24) is 24.2 Å². The van der Waals surface area contributed by atoms with E-state index in [1.807, 2.05) is 36.4 Å². The number of ether oxygens (including phenoxy) is 2. The zero-order valence-corrected chi connectivity index (χ0v) is 23.9. The summed E-state index contributed by atoms with van der Waals surface area (Å²) in [6.07, 6.45) is 3.34. The van der Waals surface area contributed by atoms with Crippen molar-refractivity contribution >= 4 is 33.0 Å². The van der Waals surface area contributed by atoms with Gasteiger partial charge in [0.1, 0.15) is 15.7 Å². The molecular formula is C28H24ClN5O4S2. The van der Waals surface area contributed by atoms with Gasteiger partial charge in [0, 0.05) is 36.7 Å². The topological polar surface area (TPSA) is 107 Å². The van der Waals surface area contributed by atoms with E-state index in [1.54, 1.807) is 56.9 Å². The van der Waals surface area contributed by atoms with Gasteiger partial charge in [-0.1, -0.05) is 23.7 Å². The summed E-state index contributed by atoms with van der Waals surface area (Å²) < 4.78 is 40.6. The molecule has 0 N–H and O–H groups in total. The van der Waals surface area contributed by atoms with Gasteiger partial charge in [0.25, 0.3) is 10.0 Å². The number of sulfonamides is 1. The zero-order valence-electron chi connectivity index (χ0n) is 21.6. The average molecular weight is 594 g/mol. The molecule has 9 nitrogen and oxygen atoms in total. The molecule has 0 aromatic carbocycles. The molecule has 5 rings (SSSR count). The number of pyridine rings is 4. The third-order valence-electron chi connectivity index (χ3n) is 5.85. The maximum atomic E-state index is 13.9. The van der Waals surface area contributed by atoms with Crippen LogP contribution in [0.4, 0.5) is 0 Å². The number of hydrogen-bond donors (Lipinski definition) is 0. The van der Waals surface area contributed by atoms with Crippen molar-refractivity contribution in [3.05, 3.63) is 101 Å². The molecule has 0 aliphatic carbocycles. The van der Waals surface area contributed by atoms with E-state index in [9.17, 15) is 8.42 Å². The molecule has 0 amide bonds. The minimum Gasteiger partial charge on any atom is -0.497 e. The van der Waals surface area contributed by atoms with E-state index in [4.69, 9.17) is 31.0 Å². The second-order valence-corrected chi connectivity index (χ2v) is 12.4. The van der Waals surface area contributed by atoms with E-state index in [-0.39, 0.29) is 17.3 Å². The average Bonchev–Trinajstić information content (AvgIpc) is 3.44. The Bertz CT molecular complexity index is 1620. The molecule has 40 heavy (non-hydrogen) atoms. The molecule has 5 heterocycles. The van der Waals surface area contributed by atoms with Gasteiger partial charge in [-0.25, -0.2) is 18.4 Å². The molecule has 0 unspecified atom stereocenters. The number of thiophene rings is 1. The molecule has 12 heteroatoms. The Balaban J connectivity index is 1.57. The van der Waals surface area contributed by atoms with Crippen molar-refractivity contribution in [1.29, 1.82) is 0 Å². The second-order valence-electron chi connectivity index (χ2n) is 8.53. The fraction of sp³-hybridized carbons (Fsp3) is 0.143. The smallest absolute Gasteiger partial charge is 0.253 e. The standard InChI is InChI=1S/C28H24ClN5O4S2/c1-37-21-13-19(32-25(15-21)23-7-3-5-11-30-23)17-34(40(35,36)28-10-9-27(29)39-28)18-20-14-22(38-2)16-26(33-20)24-8-4-6-12-31-24/h3-16H,17-18H2,1-2H3. The van der Waals surface area contributed by atoms with Crippen LogP contribution in [0.25, 0.3) is 22.8 Å². The van der Waals surface area contributed by atoms with Crippen LogP contribution in [-0.2, 0) is 23.1 Å². The third kappa shape index (κ3) is 6.28. The first-order valence-electron chi connectivity index (χ1n) is 12.0. The molecule has 0 aliphatic rings. The van der Waals surface area contributed by atoms with Gasteiger partial charge < -0.3 is 9.47 Å². The van der Waals surface area contributed by atoms with E-state index in [0.29, 0.717) is 50.0 Å². The Kier molecular flexibility index (Phi) is 8.36. The van der Waals surface area contributed by atoms with Crippen LogP contribution < -0.4 is 9.47 Å². The summed E-state index contributed by atoms with van der Waals surface area (Å²) in [5.41, 5.74) is 3.33. The largest absolute Gasteiger partial charge is 0.497 e. The predicted molar refractivity (Wildman–Crippen MR) is 154 cm³/mol. The minimum atomic E-state index is -4.00. The van der Waals surface area contributed by atoms with Gasteiger partial charge >= 0.3 is 0 Å². The summed E-state index contributed by atoms with van der Waals surface area (Å²) >= 11 is 7.10. The van der Waals surface area contributed by atoms with Crippen LogP contribution in [0.3, 0.4) is 0 Å². The number of nitrogens with zero attached hydrogens (tertiary/aromatic N) is 5. The summed E-state index contributed by atoms with van der Waals surface area (Å²) in [7, 11) is -0.907. The summed E-state index contributed by atoms with van der Waals surface area (Å²) in [6, 6.07) is 21.0. The van der Waals surface area contributed by atoms with Gasteiger partial charge in [0.2, 0.25) is 0 Å². The Morgan fingerprint density at radius 2 is 1.27 bits per heavy atom. The Morgan fingerprint density at radius 3 is 1.68 bits per heavy atom. The molecule has 0 bridgehead atoms. The fourth-order valence-corrected chi connectivity index (χ4v) is 6.98. The number of rotatable bonds is 10. The van der Waals surface area contributed by atoms with Gasteiger partial charge in [0.15, 0.2) is 0 Å².